The molecule has 3 rings (SSSR count). The SMILES string of the molecule is CCCc1ccc(CCCCC2CCC(C3CCC(/C=C/C#N)CC3)CC2)cc1. The van der Waals surface area contributed by atoms with Gasteiger partial charge in [-0.25, -0.2) is 0 Å². The van der Waals surface area contributed by atoms with Crippen LogP contribution in [-0.2, 0) is 12.8 Å². The smallest absolute Gasteiger partial charge is 0.0908 e. The lowest BCUT2D eigenvalue weighted by Gasteiger charge is -2.37. The summed E-state index contributed by atoms with van der Waals surface area (Å²) in [5.41, 5.74) is 3.01. The van der Waals surface area contributed by atoms with Crippen LogP contribution in [0, 0.1) is 35.0 Å². The molecule has 2 fully saturated rings. The molecule has 2 saturated carbocycles. The fourth-order valence-corrected chi connectivity index (χ4v) is 5.86. The minimum atomic E-state index is 0.671. The lowest BCUT2D eigenvalue weighted by Crippen LogP contribution is -2.25. The van der Waals surface area contributed by atoms with Crippen LogP contribution in [0.2, 0.25) is 0 Å². The fraction of sp³-hybridized carbons (Fsp3) is 0.679. The van der Waals surface area contributed by atoms with E-state index in [0.29, 0.717) is 5.92 Å². The van der Waals surface area contributed by atoms with Crippen molar-refractivity contribution in [3.63, 3.8) is 0 Å². The Hall–Kier alpha value is -1.55. The molecule has 1 heteroatoms. The lowest BCUT2D eigenvalue weighted by molar-refractivity contribution is 0.151. The molecule has 0 aromatic heterocycles. The molecule has 29 heavy (non-hydrogen) atoms. The third kappa shape index (κ3) is 7.33. The zero-order valence-electron chi connectivity index (χ0n) is 18.6. The van der Waals surface area contributed by atoms with Crippen LogP contribution in [0.25, 0.3) is 0 Å². The summed E-state index contributed by atoms with van der Waals surface area (Å²) in [6.45, 7) is 2.25. The molecule has 0 unspecified atom stereocenters. The predicted octanol–water partition coefficient (Wildman–Crippen LogP) is 8.04. The van der Waals surface area contributed by atoms with Crippen LogP contribution in [0.5, 0.6) is 0 Å². The number of hydrogen-bond donors (Lipinski definition) is 0. The molecule has 2 aliphatic rings. The second-order valence-corrected chi connectivity index (χ2v) is 9.76. The number of hydrogen-bond acceptors (Lipinski definition) is 1. The standard InChI is InChI=1S/C28H41N/c1-2-6-23-10-12-24(13-11-23)7-3-4-8-25-14-18-27(19-15-25)28-20-16-26(17-21-28)9-5-22-29/h5,9-13,25-28H,2-4,6-8,14-21H2,1H3/b9-5+. The van der Waals surface area contributed by atoms with E-state index in [1.165, 1.54) is 101 Å². The number of rotatable bonds is 9. The van der Waals surface area contributed by atoms with Crippen LogP contribution in [0.3, 0.4) is 0 Å². The first kappa shape index (κ1) is 22.1. The minimum absolute atomic E-state index is 0.671. The van der Waals surface area contributed by atoms with Crippen LogP contribution < -0.4 is 0 Å². The first-order chi connectivity index (χ1) is 14.3. The van der Waals surface area contributed by atoms with E-state index >= 15 is 0 Å². The number of aryl methyl sites for hydroxylation is 2. The van der Waals surface area contributed by atoms with Gasteiger partial charge in [-0.15, -0.1) is 0 Å². The zero-order valence-corrected chi connectivity index (χ0v) is 18.6. The molecule has 158 valence electrons. The molecule has 0 spiro atoms. The van der Waals surface area contributed by atoms with Crippen molar-refractivity contribution in [2.75, 3.05) is 0 Å². The van der Waals surface area contributed by atoms with E-state index in [1.807, 2.05) is 0 Å². The van der Waals surface area contributed by atoms with Gasteiger partial charge >= 0.3 is 0 Å². The highest BCUT2D eigenvalue weighted by atomic mass is 14.4. The zero-order chi connectivity index (χ0) is 20.3. The summed E-state index contributed by atoms with van der Waals surface area (Å²) in [5, 5.41) is 8.70. The van der Waals surface area contributed by atoms with Gasteiger partial charge in [-0.2, -0.15) is 5.26 Å². The van der Waals surface area contributed by atoms with Gasteiger partial charge in [-0.1, -0.05) is 69.4 Å². The van der Waals surface area contributed by atoms with E-state index in [2.05, 4.69) is 43.3 Å². The molecular formula is C28H41N. The minimum Gasteiger partial charge on any atom is -0.193 e. The van der Waals surface area contributed by atoms with Gasteiger partial charge in [0, 0.05) is 6.08 Å². The molecule has 1 aromatic rings. The van der Waals surface area contributed by atoms with Gasteiger partial charge in [0.2, 0.25) is 0 Å². The van der Waals surface area contributed by atoms with Crippen LogP contribution in [0.4, 0.5) is 0 Å². The number of nitriles is 1. The maximum Gasteiger partial charge on any atom is 0.0908 e. The monoisotopic (exact) mass is 391 g/mol. The largest absolute Gasteiger partial charge is 0.193 e. The van der Waals surface area contributed by atoms with Crippen LogP contribution in [-0.4, -0.2) is 0 Å². The molecule has 0 saturated heterocycles. The highest BCUT2D eigenvalue weighted by molar-refractivity contribution is 5.22. The Bertz CT molecular complexity index is 634. The molecule has 0 aliphatic heterocycles. The van der Waals surface area contributed by atoms with E-state index in [4.69, 9.17) is 5.26 Å². The van der Waals surface area contributed by atoms with Gasteiger partial charge in [0.05, 0.1) is 6.07 Å². The first-order valence-corrected chi connectivity index (χ1v) is 12.4. The van der Waals surface area contributed by atoms with Crippen LogP contribution in [0.15, 0.2) is 36.4 Å². The van der Waals surface area contributed by atoms with Crippen LogP contribution in [0.1, 0.15) is 95.1 Å². The van der Waals surface area contributed by atoms with Crippen molar-refractivity contribution in [3.8, 4) is 6.07 Å². The molecule has 0 radical (unpaired) electrons. The maximum absolute atomic E-state index is 8.70. The highest BCUT2D eigenvalue weighted by Crippen LogP contribution is 2.42. The summed E-state index contributed by atoms with van der Waals surface area (Å²) in [7, 11) is 0. The van der Waals surface area contributed by atoms with E-state index in [0.717, 1.165) is 17.8 Å². The molecule has 2 aliphatic carbocycles. The number of nitrogens with zero attached hydrogens (tertiary/aromatic N) is 1. The van der Waals surface area contributed by atoms with E-state index in [1.54, 1.807) is 6.08 Å². The van der Waals surface area contributed by atoms with Gasteiger partial charge in [0.1, 0.15) is 0 Å². The average molecular weight is 392 g/mol. The maximum atomic E-state index is 8.70. The Morgan fingerprint density at radius 3 is 2.00 bits per heavy atom. The Morgan fingerprint density at radius 1 is 0.828 bits per heavy atom. The van der Waals surface area contributed by atoms with Crippen molar-refractivity contribution in [2.24, 2.45) is 23.7 Å². The highest BCUT2D eigenvalue weighted by Gasteiger charge is 2.30. The average Bonchev–Trinajstić information content (AvgIpc) is 2.77. The third-order valence-corrected chi connectivity index (χ3v) is 7.71. The van der Waals surface area contributed by atoms with Crippen molar-refractivity contribution >= 4 is 0 Å². The van der Waals surface area contributed by atoms with Crippen molar-refractivity contribution in [3.05, 3.63) is 47.5 Å². The second kappa shape index (κ2) is 12.2. The quantitative estimate of drug-likeness (QED) is 0.308. The topological polar surface area (TPSA) is 23.8 Å². The first-order valence-electron chi connectivity index (χ1n) is 12.4. The van der Waals surface area contributed by atoms with Gasteiger partial charge in [0.15, 0.2) is 0 Å². The van der Waals surface area contributed by atoms with Gasteiger partial charge < -0.3 is 0 Å². The predicted molar refractivity (Wildman–Crippen MR) is 124 cm³/mol. The van der Waals surface area contributed by atoms with Crippen LogP contribution >= 0.6 is 0 Å². The number of benzene rings is 1. The summed E-state index contributed by atoms with van der Waals surface area (Å²) in [6, 6.07) is 11.5. The van der Waals surface area contributed by atoms with Gasteiger partial charge in [0.25, 0.3) is 0 Å². The van der Waals surface area contributed by atoms with E-state index in [9.17, 15) is 0 Å². The molecule has 0 amide bonds. The number of unbranched alkanes of at least 4 members (excludes halogenated alkanes) is 1. The summed E-state index contributed by atoms with van der Waals surface area (Å²) in [5.74, 6) is 3.63. The van der Waals surface area contributed by atoms with E-state index < -0.39 is 0 Å². The van der Waals surface area contributed by atoms with E-state index in [-0.39, 0.29) is 0 Å². The van der Waals surface area contributed by atoms with Crippen molar-refractivity contribution in [1.29, 1.82) is 5.26 Å². The summed E-state index contributed by atoms with van der Waals surface area (Å²) >= 11 is 0. The Balaban J connectivity index is 1.27. The molecule has 0 atom stereocenters. The normalized spacial score (nSPS) is 27.7. The van der Waals surface area contributed by atoms with Crippen molar-refractivity contribution < 1.29 is 0 Å². The van der Waals surface area contributed by atoms with Gasteiger partial charge in [-0.3, -0.25) is 0 Å². The van der Waals surface area contributed by atoms with Crippen molar-refractivity contribution in [2.45, 2.75) is 96.8 Å². The summed E-state index contributed by atoms with van der Waals surface area (Å²) in [4.78, 5) is 0. The third-order valence-electron chi connectivity index (χ3n) is 7.71. The molecule has 1 aromatic carbocycles. The Labute approximate surface area is 179 Å². The summed E-state index contributed by atoms with van der Waals surface area (Å²) < 4.78 is 0. The molecular weight excluding hydrogens is 350 g/mol. The molecule has 0 heterocycles. The van der Waals surface area contributed by atoms with Gasteiger partial charge in [-0.05, 0) is 92.6 Å². The molecule has 1 nitrogen and oxygen atoms in total. The van der Waals surface area contributed by atoms with Crippen molar-refractivity contribution in [1.82, 2.24) is 0 Å². The fourth-order valence-electron chi connectivity index (χ4n) is 5.86. The number of allylic oxidation sites excluding steroid dienone is 2. The lowest BCUT2D eigenvalue weighted by atomic mass is 9.68. The molecule has 0 bridgehead atoms. The Morgan fingerprint density at radius 2 is 1.41 bits per heavy atom. The second-order valence-electron chi connectivity index (χ2n) is 9.76. The molecule has 0 N–H and O–H groups in total. The summed E-state index contributed by atoms with van der Waals surface area (Å²) in [6.07, 6.45) is 23.1. The Kier molecular flexibility index (Phi) is 9.33.